The van der Waals surface area contributed by atoms with Gasteiger partial charge in [0.25, 0.3) is 0 Å². The van der Waals surface area contributed by atoms with Crippen LogP contribution in [-0.4, -0.2) is 11.1 Å². The maximum absolute atomic E-state index is 10.6. The van der Waals surface area contributed by atoms with Gasteiger partial charge in [0.05, 0.1) is 6.26 Å². The monoisotopic (exact) mass is 162 g/mol. The van der Waals surface area contributed by atoms with Crippen LogP contribution in [0.15, 0.2) is 34.9 Å². The number of aromatic carboxylic acids is 1. The Bertz CT molecular complexity index is 389. The third-order valence-corrected chi connectivity index (χ3v) is 1.72. The number of carbonyl (C=O) groups is 1. The van der Waals surface area contributed by atoms with Crippen LogP contribution in [-0.2, 0) is 0 Å². The summed E-state index contributed by atoms with van der Waals surface area (Å²) in [4.78, 5) is 10.6. The van der Waals surface area contributed by atoms with Crippen LogP contribution < -0.4 is 0 Å². The van der Waals surface area contributed by atoms with E-state index in [1.807, 2.05) is 6.07 Å². The van der Waals surface area contributed by atoms with Gasteiger partial charge < -0.3 is 9.52 Å². The van der Waals surface area contributed by atoms with Crippen LogP contribution >= 0.6 is 0 Å². The second-order valence-corrected chi connectivity index (χ2v) is 2.45. The minimum Gasteiger partial charge on any atom is -0.475 e. The predicted molar refractivity (Wildman–Crippen MR) is 42.3 cm³/mol. The molecule has 0 aromatic carbocycles. The molecule has 1 aliphatic heterocycles. The van der Waals surface area contributed by atoms with Gasteiger partial charge in [-0.2, -0.15) is 0 Å². The molecule has 2 aliphatic rings. The van der Waals surface area contributed by atoms with Gasteiger partial charge in [0.15, 0.2) is 0 Å². The molecule has 0 amide bonds. The van der Waals surface area contributed by atoms with Crippen LogP contribution in [0, 0.1) is 0 Å². The van der Waals surface area contributed by atoms with Gasteiger partial charge in [-0.1, -0.05) is 18.2 Å². The molecule has 0 radical (unpaired) electrons. The lowest BCUT2D eigenvalue weighted by molar-refractivity contribution is 0.0661. The highest BCUT2D eigenvalue weighted by atomic mass is 16.4. The lowest BCUT2D eigenvalue weighted by atomic mass is 10.1. The zero-order chi connectivity index (χ0) is 8.55. The molecule has 1 aliphatic carbocycles. The molecular formula is C9H6O3. The SMILES string of the molecule is O=C(O)c1occc2cccc1-2. The molecule has 0 aromatic heterocycles. The minimum atomic E-state index is -1.04. The fraction of sp³-hybridized carbons (Fsp3) is 0. The quantitative estimate of drug-likeness (QED) is 0.698. The first-order valence-electron chi connectivity index (χ1n) is 3.48. The number of carboxylic acids is 1. The first-order chi connectivity index (χ1) is 5.79. The molecule has 12 heavy (non-hydrogen) atoms. The molecule has 3 nitrogen and oxygen atoms in total. The summed E-state index contributed by atoms with van der Waals surface area (Å²) in [5, 5.41) is 8.71. The zero-order valence-corrected chi connectivity index (χ0v) is 6.15. The van der Waals surface area contributed by atoms with Crippen LogP contribution in [0.2, 0.25) is 0 Å². The Balaban J connectivity index is 2.71. The Kier molecular flexibility index (Phi) is 1.37. The summed E-state index contributed by atoms with van der Waals surface area (Å²) in [6, 6.07) is 7.11. The number of hydrogen-bond acceptors (Lipinski definition) is 2. The van der Waals surface area contributed by atoms with Crippen LogP contribution in [0.4, 0.5) is 0 Å². The summed E-state index contributed by atoms with van der Waals surface area (Å²) in [6.07, 6.45) is 1.38. The van der Waals surface area contributed by atoms with Gasteiger partial charge in [-0.3, -0.25) is 0 Å². The van der Waals surface area contributed by atoms with Crippen molar-refractivity contribution in [3.05, 3.63) is 36.3 Å². The molecule has 60 valence electrons. The predicted octanol–water partition coefficient (Wildman–Crippen LogP) is 2.08. The zero-order valence-electron chi connectivity index (χ0n) is 6.15. The van der Waals surface area contributed by atoms with E-state index in [1.54, 1.807) is 18.2 Å². The molecule has 1 N–H and O–H groups in total. The van der Waals surface area contributed by atoms with Gasteiger partial charge in [-0.25, -0.2) is 4.79 Å². The van der Waals surface area contributed by atoms with Gasteiger partial charge in [-0.05, 0) is 11.6 Å². The van der Waals surface area contributed by atoms with Crippen molar-refractivity contribution >= 4 is 5.97 Å². The standard InChI is InChI=1S/C9H6O3/c10-9(11)8-7-3-1-2-6(7)4-5-12-8/h1-5H,(H,10,11). The van der Waals surface area contributed by atoms with E-state index < -0.39 is 5.97 Å². The van der Waals surface area contributed by atoms with Crippen LogP contribution in [0.25, 0.3) is 11.1 Å². The van der Waals surface area contributed by atoms with E-state index in [0.29, 0.717) is 5.56 Å². The lowest BCUT2D eigenvalue weighted by Gasteiger charge is -2.00. The first-order valence-corrected chi connectivity index (χ1v) is 3.48. The van der Waals surface area contributed by atoms with Crippen molar-refractivity contribution in [3.63, 3.8) is 0 Å². The Hall–Kier alpha value is -1.77. The Labute approximate surface area is 68.6 Å². The van der Waals surface area contributed by atoms with E-state index in [4.69, 9.17) is 9.52 Å². The molecule has 0 spiro atoms. The fourth-order valence-corrected chi connectivity index (χ4v) is 1.19. The molecule has 0 saturated heterocycles. The van der Waals surface area contributed by atoms with Crippen molar-refractivity contribution in [2.75, 3.05) is 0 Å². The highest BCUT2D eigenvalue weighted by Crippen LogP contribution is 2.26. The molecule has 0 fully saturated rings. The van der Waals surface area contributed by atoms with E-state index in [0.717, 1.165) is 5.56 Å². The van der Waals surface area contributed by atoms with Crippen LogP contribution in [0.5, 0.6) is 0 Å². The second-order valence-electron chi connectivity index (χ2n) is 2.45. The third kappa shape index (κ3) is 0.871. The first kappa shape index (κ1) is 6.91. The summed E-state index contributed by atoms with van der Waals surface area (Å²) >= 11 is 0. The Morgan fingerprint density at radius 3 is 2.92 bits per heavy atom. The maximum atomic E-state index is 10.6. The van der Waals surface area contributed by atoms with Crippen LogP contribution in [0.1, 0.15) is 10.6 Å². The molecular weight excluding hydrogens is 156 g/mol. The minimum absolute atomic E-state index is 0.00231. The Morgan fingerprint density at radius 1 is 1.33 bits per heavy atom. The van der Waals surface area contributed by atoms with Gasteiger partial charge in [0.1, 0.15) is 0 Å². The second kappa shape index (κ2) is 2.37. The number of fused-ring (bicyclic) bond motifs is 1. The summed E-state index contributed by atoms with van der Waals surface area (Å²) in [5.74, 6) is -1.04. The molecule has 3 heteroatoms. The van der Waals surface area contributed by atoms with Gasteiger partial charge >= 0.3 is 5.97 Å². The average Bonchev–Trinajstić information content (AvgIpc) is 2.49. The summed E-state index contributed by atoms with van der Waals surface area (Å²) in [7, 11) is 0. The van der Waals surface area contributed by atoms with Crippen molar-refractivity contribution in [3.8, 4) is 11.1 Å². The molecule has 1 heterocycles. The highest BCUT2D eigenvalue weighted by Gasteiger charge is 2.15. The smallest absolute Gasteiger partial charge is 0.372 e. The molecule has 0 bridgehead atoms. The van der Waals surface area contributed by atoms with Crippen molar-refractivity contribution in [2.45, 2.75) is 0 Å². The van der Waals surface area contributed by atoms with E-state index in [2.05, 4.69) is 0 Å². The molecule has 2 rings (SSSR count). The van der Waals surface area contributed by atoms with Crippen molar-refractivity contribution in [2.24, 2.45) is 0 Å². The van der Waals surface area contributed by atoms with E-state index in [-0.39, 0.29) is 5.76 Å². The molecule has 0 atom stereocenters. The lowest BCUT2D eigenvalue weighted by Crippen LogP contribution is -1.97. The molecule has 0 aromatic rings. The van der Waals surface area contributed by atoms with Gasteiger partial charge in [0.2, 0.25) is 5.76 Å². The Morgan fingerprint density at radius 2 is 2.17 bits per heavy atom. The van der Waals surface area contributed by atoms with Crippen LogP contribution in [0.3, 0.4) is 0 Å². The van der Waals surface area contributed by atoms with Crippen molar-refractivity contribution in [1.82, 2.24) is 0 Å². The maximum Gasteiger partial charge on any atom is 0.372 e. The van der Waals surface area contributed by atoms with E-state index in [9.17, 15) is 4.79 Å². The molecule has 0 unspecified atom stereocenters. The number of carboxylic acid groups (broad SMARTS) is 1. The normalized spacial score (nSPS) is 10.3. The van der Waals surface area contributed by atoms with Gasteiger partial charge in [0, 0.05) is 5.56 Å². The van der Waals surface area contributed by atoms with E-state index >= 15 is 0 Å². The van der Waals surface area contributed by atoms with E-state index in [1.165, 1.54) is 6.26 Å². The third-order valence-electron chi connectivity index (χ3n) is 1.72. The van der Waals surface area contributed by atoms with Crippen molar-refractivity contribution in [1.29, 1.82) is 0 Å². The average molecular weight is 162 g/mol. The highest BCUT2D eigenvalue weighted by molar-refractivity contribution is 5.93. The summed E-state index contributed by atoms with van der Waals surface area (Å²) in [6.45, 7) is 0. The summed E-state index contributed by atoms with van der Waals surface area (Å²) in [5.41, 5.74) is 1.53. The molecule has 0 saturated carbocycles. The largest absolute Gasteiger partial charge is 0.475 e. The fourth-order valence-electron chi connectivity index (χ4n) is 1.19. The van der Waals surface area contributed by atoms with Gasteiger partial charge in [-0.15, -0.1) is 0 Å². The topological polar surface area (TPSA) is 50.4 Å². The number of rotatable bonds is 1. The van der Waals surface area contributed by atoms with Crippen molar-refractivity contribution < 1.29 is 14.3 Å². The summed E-state index contributed by atoms with van der Waals surface area (Å²) < 4.78 is 4.86. The number of hydrogen-bond donors (Lipinski definition) is 1.